The van der Waals surface area contributed by atoms with Crippen molar-refractivity contribution in [2.45, 2.75) is 11.3 Å². The summed E-state index contributed by atoms with van der Waals surface area (Å²) in [4.78, 5) is 13.5. The number of hydrogen-bond acceptors (Lipinski definition) is 7. The summed E-state index contributed by atoms with van der Waals surface area (Å²) in [7, 11) is -1.90. The molecule has 1 aromatic rings. The molecule has 9 heteroatoms. The number of ether oxygens (including phenoxy) is 1. The third-order valence-corrected chi connectivity index (χ3v) is 6.02. The quantitative estimate of drug-likeness (QED) is 0.801. The zero-order valence-corrected chi connectivity index (χ0v) is 13.6. The van der Waals surface area contributed by atoms with E-state index in [0.29, 0.717) is 30.6 Å². The highest BCUT2D eigenvalue weighted by Gasteiger charge is 2.32. The van der Waals surface area contributed by atoms with Crippen LogP contribution in [-0.4, -0.2) is 47.4 Å². The number of nitrogen functional groups attached to an aromatic ring is 1. The lowest BCUT2D eigenvalue weighted by molar-refractivity contribution is 0.100. The molecule has 1 aliphatic heterocycles. The highest BCUT2D eigenvalue weighted by Crippen LogP contribution is 2.42. The predicted molar refractivity (Wildman–Crippen MR) is 82.6 cm³/mol. The summed E-state index contributed by atoms with van der Waals surface area (Å²) >= 11 is 1.04. The topological polar surface area (TPSA) is 116 Å². The van der Waals surface area contributed by atoms with Gasteiger partial charge in [-0.15, -0.1) is 11.3 Å². The summed E-state index contributed by atoms with van der Waals surface area (Å²) in [5.74, 6) is -0.371. The molecule has 0 saturated carbocycles. The van der Waals surface area contributed by atoms with Crippen LogP contribution in [-0.2, 0) is 14.6 Å². The van der Waals surface area contributed by atoms with E-state index >= 15 is 0 Å². The fourth-order valence-corrected chi connectivity index (χ4v) is 5.15. The number of carbonyl (C=O) groups is 1. The molecule has 1 fully saturated rings. The maximum atomic E-state index is 12.0. The Morgan fingerprint density at radius 2 is 2.19 bits per heavy atom. The zero-order valence-electron chi connectivity index (χ0n) is 12.0. The molecule has 2 heterocycles. The maximum absolute atomic E-state index is 12.0. The van der Waals surface area contributed by atoms with Crippen LogP contribution >= 0.6 is 11.3 Å². The van der Waals surface area contributed by atoms with Crippen LogP contribution in [0, 0.1) is 5.92 Å². The molecule has 1 atom stereocenters. The summed E-state index contributed by atoms with van der Waals surface area (Å²) in [6, 6.07) is 0. The van der Waals surface area contributed by atoms with Crippen LogP contribution in [0.1, 0.15) is 16.1 Å². The molecule has 0 radical (unpaired) electrons. The Hall–Kier alpha value is -1.32. The molecule has 1 saturated heterocycles. The van der Waals surface area contributed by atoms with Gasteiger partial charge in [-0.25, -0.2) is 8.42 Å². The first-order chi connectivity index (χ1) is 9.75. The Morgan fingerprint density at radius 3 is 2.71 bits per heavy atom. The van der Waals surface area contributed by atoms with E-state index in [0.717, 1.165) is 24.0 Å². The van der Waals surface area contributed by atoms with Gasteiger partial charge >= 0.3 is 0 Å². The predicted octanol–water partition coefficient (Wildman–Crippen LogP) is 0.305. The van der Waals surface area contributed by atoms with Crippen molar-refractivity contribution in [3.8, 4) is 0 Å². The third-order valence-electron chi connectivity index (χ3n) is 3.45. The Balaban J connectivity index is 2.44. The number of rotatable bonds is 5. The molecule has 0 spiro atoms. The van der Waals surface area contributed by atoms with E-state index in [1.807, 2.05) is 4.90 Å². The summed E-state index contributed by atoms with van der Waals surface area (Å²) in [6.45, 7) is 2.00. The molecule has 0 bridgehead atoms. The van der Waals surface area contributed by atoms with Crippen LogP contribution in [0.5, 0.6) is 0 Å². The molecular weight excluding hydrogens is 314 g/mol. The first-order valence-corrected chi connectivity index (χ1v) is 9.12. The number of anilines is 2. The van der Waals surface area contributed by atoms with Gasteiger partial charge in [-0.3, -0.25) is 4.79 Å². The Kier molecular flexibility index (Phi) is 4.45. The summed E-state index contributed by atoms with van der Waals surface area (Å²) < 4.78 is 29.1. The first kappa shape index (κ1) is 16.1. The number of nitrogens with two attached hydrogens (primary N) is 2. The highest BCUT2D eigenvalue weighted by atomic mass is 32.2. The summed E-state index contributed by atoms with van der Waals surface area (Å²) in [5, 5.41) is 0.502. The van der Waals surface area contributed by atoms with E-state index in [4.69, 9.17) is 16.2 Å². The normalized spacial score (nSPS) is 19.1. The van der Waals surface area contributed by atoms with Crippen LogP contribution < -0.4 is 16.4 Å². The molecule has 7 nitrogen and oxygen atoms in total. The Labute approximate surface area is 127 Å². The van der Waals surface area contributed by atoms with Crippen molar-refractivity contribution in [2.75, 3.05) is 43.7 Å². The van der Waals surface area contributed by atoms with E-state index < -0.39 is 15.7 Å². The van der Waals surface area contributed by atoms with Gasteiger partial charge in [-0.2, -0.15) is 0 Å². The molecule has 1 unspecified atom stereocenters. The molecule has 4 N–H and O–H groups in total. The van der Waals surface area contributed by atoms with E-state index in [1.54, 1.807) is 7.11 Å². The monoisotopic (exact) mass is 333 g/mol. The fourth-order valence-electron chi connectivity index (χ4n) is 2.55. The van der Waals surface area contributed by atoms with Crippen molar-refractivity contribution in [3.63, 3.8) is 0 Å². The molecule has 21 heavy (non-hydrogen) atoms. The minimum atomic E-state index is -3.54. The van der Waals surface area contributed by atoms with Crippen molar-refractivity contribution in [1.82, 2.24) is 0 Å². The number of nitrogens with zero attached hydrogens (tertiary/aromatic N) is 1. The minimum absolute atomic E-state index is 0.0133. The maximum Gasteiger partial charge on any atom is 0.261 e. The van der Waals surface area contributed by atoms with Crippen molar-refractivity contribution in [3.05, 3.63) is 4.88 Å². The zero-order chi connectivity index (χ0) is 15.8. The Bertz CT molecular complexity index is 654. The second kappa shape index (κ2) is 5.82. The number of carbonyl (C=O) groups excluding carboxylic acids is 1. The third kappa shape index (κ3) is 3.14. The van der Waals surface area contributed by atoms with E-state index in [9.17, 15) is 13.2 Å². The molecule has 0 aromatic carbocycles. The van der Waals surface area contributed by atoms with E-state index in [2.05, 4.69) is 0 Å². The van der Waals surface area contributed by atoms with Crippen molar-refractivity contribution < 1.29 is 17.9 Å². The van der Waals surface area contributed by atoms with Gasteiger partial charge in [0, 0.05) is 32.4 Å². The van der Waals surface area contributed by atoms with Crippen LogP contribution in [0.2, 0.25) is 0 Å². The van der Waals surface area contributed by atoms with Gasteiger partial charge in [-0.1, -0.05) is 0 Å². The second-order valence-corrected chi connectivity index (χ2v) is 8.12. The smallest absolute Gasteiger partial charge is 0.261 e. The second-order valence-electron chi connectivity index (χ2n) is 5.17. The lowest BCUT2D eigenvalue weighted by Crippen LogP contribution is -2.21. The summed E-state index contributed by atoms with van der Waals surface area (Å²) in [5.41, 5.74) is 11.1. The standard InChI is InChI=1S/C12H19N3O4S2/c1-19-6-7-3-4-15(5-7)12-10(21(2,17)18)8(13)9(20-12)11(14)16/h7H,3-6,13H2,1-2H3,(H2,14,16). The van der Waals surface area contributed by atoms with Gasteiger partial charge < -0.3 is 21.1 Å². The SMILES string of the molecule is COCC1CCN(c2sc(C(N)=O)c(N)c2S(C)(=O)=O)C1. The number of hydrogen-bond donors (Lipinski definition) is 2. The lowest BCUT2D eigenvalue weighted by Gasteiger charge is -2.18. The number of primary amides is 1. The van der Waals surface area contributed by atoms with Gasteiger partial charge in [0.05, 0.1) is 12.3 Å². The molecule has 1 amide bonds. The van der Waals surface area contributed by atoms with Gasteiger partial charge in [0.2, 0.25) is 0 Å². The van der Waals surface area contributed by atoms with Crippen LogP contribution in [0.15, 0.2) is 4.90 Å². The van der Waals surface area contributed by atoms with Crippen LogP contribution in [0.25, 0.3) is 0 Å². The number of amides is 1. The fraction of sp³-hybridized carbons (Fsp3) is 0.583. The molecule has 0 aliphatic carbocycles. The number of thiophene rings is 1. The van der Waals surface area contributed by atoms with Gasteiger partial charge in [0.15, 0.2) is 9.84 Å². The van der Waals surface area contributed by atoms with Gasteiger partial charge in [0.1, 0.15) is 14.8 Å². The number of methoxy groups -OCH3 is 1. The largest absolute Gasteiger partial charge is 0.396 e. The Morgan fingerprint density at radius 1 is 1.52 bits per heavy atom. The van der Waals surface area contributed by atoms with Crippen molar-refractivity contribution in [1.29, 1.82) is 0 Å². The van der Waals surface area contributed by atoms with E-state index in [-0.39, 0.29) is 15.5 Å². The van der Waals surface area contributed by atoms with Crippen molar-refractivity contribution in [2.24, 2.45) is 11.7 Å². The van der Waals surface area contributed by atoms with Crippen LogP contribution in [0.4, 0.5) is 10.7 Å². The molecule has 1 aromatic heterocycles. The van der Waals surface area contributed by atoms with Gasteiger partial charge in [0.25, 0.3) is 5.91 Å². The summed E-state index contributed by atoms with van der Waals surface area (Å²) in [6.07, 6.45) is 1.99. The lowest BCUT2D eigenvalue weighted by atomic mass is 10.1. The minimum Gasteiger partial charge on any atom is -0.396 e. The molecular formula is C12H19N3O4S2. The first-order valence-electron chi connectivity index (χ1n) is 6.41. The average molecular weight is 333 g/mol. The highest BCUT2D eigenvalue weighted by molar-refractivity contribution is 7.91. The average Bonchev–Trinajstić information content (AvgIpc) is 2.92. The molecule has 1 aliphatic rings. The van der Waals surface area contributed by atoms with Crippen LogP contribution in [0.3, 0.4) is 0 Å². The van der Waals surface area contributed by atoms with Gasteiger partial charge in [-0.05, 0) is 6.42 Å². The molecule has 2 rings (SSSR count). The van der Waals surface area contributed by atoms with Crippen molar-refractivity contribution >= 4 is 37.8 Å². The number of sulfone groups is 1. The molecule has 118 valence electrons. The van der Waals surface area contributed by atoms with E-state index in [1.165, 1.54) is 0 Å².